The Hall–Kier alpha value is -2.70. The summed E-state index contributed by atoms with van der Waals surface area (Å²) < 4.78 is 16.5. The first-order valence-electron chi connectivity index (χ1n) is 9.11. The first-order valence-corrected chi connectivity index (χ1v) is 9.49. The summed E-state index contributed by atoms with van der Waals surface area (Å²) in [6.07, 6.45) is 2.89. The lowest BCUT2D eigenvalue weighted by Gasteiger charge is -2.31. The smallest absolute Gasteiger partial charge is 0.269 e. The Balaban J connectivity index is 1.83. The van der Waals surface area contributed by atoms with Gasteiger partial charge >= 0.3 is 0 Å². The largest absolute Gasteiger partial charge is 0.350 e. The maximum Gasteiger partial charge on any atom is 0.269 e. The quantitative estimate of drug-likeness (QED) is 0.448. The molecular weight excluding hydrogens is 381 g/mol. The molecule has 0 aliphatic carbocycles. The maximum absolute atomic E-state index is 14.3. The molecule has 0 saturated carbocycles. The first-order chi connectivity index (χ1) is 13.5. The van der Waals surface area contributed by atoms with E-state index in [4.69, 9.17) is 11.6 Å². The van der Waals surface area contributed by atoms with Crippen molar-refractivity contribution in [3.8, 4) is 0 Å². The number of aryl methyl sites for hydroxylation is 1. The van der Waals surface area contributed by atoms with E-state index in [9.17, 15) is 14.5 Å². The van der Waals surface area contributed by atoms with Gasteiger partial charge in [0.15, 0.2) is 0 Å². The zero-order chi connectivity index (χ0) is 19.7. The lowest BCUT2D eigenvalue weighted by Crippen LogP contribution is -2.30. The van der Waals surface area contributed by atoms with E-state index in [2.05, 4.69) is 9.47 Å². The van der Waals surface area contributed by atoms with Crippen molar-refractivity contribution in [2.75, 3.05) is 6.54 Å². The normalized spacial score (nSPS) is 17.1. The summed E-state index contributed by atoms with van der Waals surface area (Å²) in [6, 6.07) is 14.9. The van der Waals surface area contributed by atoms with Gasteiger partial charge in [-0.05, 0) is 30.7 Å². The topological polar surface area (TPSA) is 51.3 Å². The molecule has 2 heterocycles. The molecule has 5 nitrogen and oxygen atoms in total. The van der Waals surface area contributed by atoms with E-state index >= 15 is 0 Å². The number of hydrogen-bond acceptors (Lipinski definition) is 3. The highest BCUT2D eigenvalue weighted by Crippen LogP contribution is 2.38. The van der Waals surface area contributed by atoms with Crippen molar-refractivity contribution in [2.24, 2.45) is 0 Å². The van der Waals surface area contributed by atoms with Gasteiger partial charge in [-0.3, -0.25) is 15.0 Å². The number of fused-ring (bicyclic) bond motifs is 1. The van der Waals surface area contributed by atoms with Crippen molar-refractivity contribution < 1.29 is 9.31 Å². The van der Waals surface area contributed by atoms with E-state index in [1.807, 2.05) is 24.4 Å². The molecular formula is C21H19ClFN3O2. The molecule has 0 bridgehead atoms. The van der Waals surface area contributed by atoms with Crippen LogP contribution in [0.1, 0.15) is 29.3 Å². The summed E-state index contributed by atoms with van der Waals surface area (Å²) in [4.78, 5) is 13.0. The van der Waals surface area contributed by atoms with E-state index in [-0.39, 0.29) is 17.5 Å². The van der Waals surface area contributed by atoms with Crippen molar-refractivity contribution in [3.63, 3.8) is 0 Å². The van der Waals surface area contributed by atoms with Gasteiger partial charge in [-0.2, -0.15) is 0 Å². The number of nitro groups is 1. The van der Waals surface area contributed by atoms with E-state index in [1.165, 1.54) is 18.2 Å². The van der Waals surface area contributed by atoms with Gasteiger partial charge in [0.1, 0.15) is 5.82 Å². The molecule has 2 aromatic carbocycles. The Morgan fingerprint density at radius 1 is 1.14 bits per heavy atom. The second-order valence-corrected chi connectivity index (χ2v) is 7.31. The molecule has 0 saturated heterocycles. The molecule has 4 rings (SSSR count). The third kappa shape index (κ3) is 3.53. The van der Waals surface area contributed by atoms with Crippen molar-refractivity contribution in [2.45, 2.75) is 25.6 Å². The molecule has 0 fully saturated rings. The maximum atomic E-state index is 14.3. The predicted octanol–water partition coefficient (Wildman–Crippen LogP) is 5.18. The molecule has 1 aliphatic rings. The number of aromatic nitrogens is 1. The van der Waals surface area contributed by atoms with Gasteiger partial charge in [-0.15, -0.1) is 0 Å². The number of hydrogen-bond donors (Lipinski definition) is 0. The van der Waals surface area contributed by atoms with Gasteiger partial charge in [0.05, 0.1) is 11.0 Å². The van der Waals surface area contributed by atoms with Crippen molar-refractivity contribution in [1.82, 2.24) is 9.47 Å². The van der Waals surface area contributed by atoms with Crippen LogP contribution in [-0.4, -0.2) is 20.9 Å². The standard InChI is InChI=1S/C21H19ClFN3O2/c22-18-9-8-16(26(27)28)13-17(18)21-20-7-3-10-24(20)11-4-12-25(21)14-15-5-1-2-6-19(15)23/h1-3,5-10,13,21H,4,11-12,14H2. The van der Waals surface area contributed by atoms with Crippen LogP contribution in [0.25, 0.3) is 0 Å². The van der Waals surface area contributed by atoms with E-state index < -0.39 is 4.92 Å². The summed E-state index contributed by atoms with van der Waals surface area (Å²) in [6.45, 7) is 1.94. The minimum absolute atomic E-state index is 0.00686. The van der Waals surface area contributed by atoms with Gasteiger partial charge in [0.25, 0.3) is 5.69 Å². The number of nitrogens with zero attached hydrogens (tertiary/aromatic N) is 3. The van der Waals surface area contributed by atoms with Crippen molar-refractivity contribution >= 4 is 17.3 Å². The Labute approximate surface area is 167 Å². The fourth-order valence-electron chi connectivity index (χ4n) is 3.87. The zero-order valence-corrected chi connectivity index (χ0v) is 15.8. The molecule has 7 heteroatoms. The molecule has 3 aromatic rings. The highest BCUT2D eigenvalue weighted by Gasteiger charge is 2.30. The second-order valence-electron chi connectivity index (χ2n) is 6.91. The molecule has 1 aromatic heterocycles. The number of rotatable bonds is 4. The fraction of sp³-hybridized carbons (Fsp3) is 0.238. The van der Waals surface area contributed by atoms with Crippen LogP contribution in [0.3, 0.4) is 0 Å². The lowest BCUT2D eigenvalue weighted by molar-refractivity contribution is -0.384. The average Bonchev–Trinajstić information content (AvgIpc) is 3.06. The average molecular weight is 400 g/mol. The fourth-order valence-corrected chi connectivity index (χ4v) is 4.09. The van der Waals surface area contributed by atoms with Gasteiger partial charge in [0, 0.05) is 59.8 Å². The van der Waals surface area contributed by atoms with Crippen LogP contribution >= 0.6 is 11.6 Å². The Bertz CT molecular complexity index is 1020. The lowest BCUT2D eigenvalue weighted by atomic mass is 10.00. The molecule has 1 unspecified atom stereocenters. The molecule has 0 radical (unpaired) electrons. The van der Waals surface area contributed by atoms with Crippen LogP contribution < -0.4 is 0 Å². The minimum Gasteiger partial charge on any atom is -0.350 e. The van der Waals surface area contributed by atoms with Gasteiger partial charge in [0.2, 0.25) is 0 Å². The summed E-state index contributed by atoms with van der Waals surface area (Å²) in [5, 5.41) is 11.8. The third-order valence-electron chi connectivity index (χ3n) is 5.17. The van der Waals surface area contributed by atoms with Crippen LogP contribution in [0.15, 0.2) is 60.8 Å². The van der Waals surface area contributed by atoms with Gasteiger partial charge in [-0.25, -0.2) is 4.39 Å². The molecule has 0 N–H and O–H groups in total. The zero-order valence-electron chi connectivity index (χ0n) is 15.1. The molecule has 1 aliphatic heterocycles. The van der Waals surface area contributed by atoms with E-state index in [1.54, 1.807) is 18.2 Å². The summed E-state index contributed by atoms with van der Waals surface area (Å²) in [7, 11) is 0. The van der Waals surface area contributed by atoms with Crippen molar-refractivity contribution in [3.05, 3.63) is 98.6 Å². The molecule has 0 spiro atoms. The highest BCUT2D eigenvalue weighted by atomic mass is 35.5. The first kappa shape index (κ1) is 18.7. The third-order valence-corrected chi connectivity index (χ3v) is 5.51. The predicted molar refractivity (Wildman–Crippen MR) is 106 cm³/mol. The van der Waals surface area contributed by atoms with E-state index in [0.717, 1.165) is 25.2 Å². The second kappa shape index (κ2) is 7.73. The number of nitro benzene ring substituents is 1. The number of non-ortho nitro benzene ring substituents is 1. The Morgan fingerprint density at radius 2 is 1.96 bits per heavy atom. The van der Waals surface area contributed by atoms with Gasteiger partial charge in [-0.1, -0.05) is 29.8 Å². The van der Waals surface area contributed by atoms with Crippen LogP contribution in [0.2, 0.25) is 5.02 Å². The minimum atomic E-state index is -0.420. The summed E-state index contributed by atoms with van der Waals surface area (Å²) in [5.74, 6) is -0.258. The monoisotopic (exact) mass is 399 g/mol. The Kier molecular flexibility index (Phi) is 5.15. The molecule has 1 atom stereocenters. The molecule has 0 amide bonds. The molecule has 28 heavy (non-hydrogen) atoms. The Morgan fingerprint density at radius 3 is 2.75 bits per heavy atom. The number of halogens is 2. The number of benzene rings is 2. The highest BCUT2D eigenvalue weighted by molar-refractivity contribution is 6.31. The van der Waals surface area contributed by atoms with Crippen LogP contribution in [0.4, 0.5) is 10.1 Å². The van der Waals surface area contributed by atoms with E-state index in [0.29, 0.717) is 22.7 Å². The SMILES string of the molecule is O=[N+]([O-])c1ccc(Cl)c(C2c3cccn3CCCN2Cc2ccccc2F)c1. The van der Waals surface area contributed by atoms with Crippen molar-refractivity contribution in [1.29, 1.82) is 0 Å². The van der Waals surface area contributed by atoms with Crippen LogP contribution in [-0.2, 0) is 13.1 Å². The van der Waals surface area contributed by atoms with Gasteiger partial charge < -0.3 is 4.57 Å². The van der Waals surface area contributed by atoms with Crippen LogP contribution in [0.5, 0.6) is 0 Å². The summed E-state index contributed by atoms with van der Waals surface area (Å²) >= 11 is 6.49. The van der Waals surface area contributed by atoms with Crippen LogP contribution in [0, 0.1) is 15.9 Å². The summed E-state index contributed by atoms with van der Waals surface area (Å²) in [5.41, 5.74) is 2.24. The molecule has 144 valence electrons.